The maximum absolute atomic E-state index is 5.37. The first-order chi connectivity index (χ1) is 3.18. The minimum absolute atomic E-state index is 0.0417. The van der Waals surface area contributed by atoms with E-state index in [0.717, 1.165) is 6.42 Å². The summed E-state index contributed by atoms with van der Waals surface area (Å²) in [6.07, 6.45) is 0.488. The van der Waals surface area contributed by atoms with Crippen LogP contribution in [-0.4, -0.2) is 12.2 Å². The SMILES string of the molecule is CCC(N)C(N)N. The normalized spacial score (nSPS) is 15.0. The van der Waals surface area contributed by atoms with E-state index in [1.54, 1.807) is 0 Å². The van der Waals surface area contributed by atoms with E-state index >= 15 is 0 Å². The molecule has 0 spiro atoms. The molecule has 1 unspecified atom stereocenters. The molecule has 0 aliphatic rings. The quantitative estimate of drug-likeness (QED) is 0.391. The first-order valence-corrected chi connectivity index (χ1v) is 2.45. The summed E-state index contributed by atoms with van der Waals surface area (Å²) in [5.41, 5.74) is 15.8. The molecule has 0 heterocycles. The van der Waals surface area contributed by atoms with Gasteiger partial charge in [0.1, 0.15) is 0 Å². The third kappa shape index (κ3) is 2.56. The molecule has 0 aromatic carbocycles. The van der Waals surface area contributed by atoms with Crippen LogP contribution in [0.4, 0.5) is 0 Å². The Bertz CT molecular complexity index is 44.2. The van der Waals surface area contributed by atoms with Crippen LogP contribution in [0.25, 0.3) is 0 Å². The standard InChI is InChI=1S/C4H13N3/c1-2-3(5)4(6)7/h3-4H,2,5-7H2,1H3. The van der Waals surface area contributed by atoms with Gasteiger partial charge in [0, 0.05) is 6.04 Å². The van der Waals surface area contributed by atoms with Crippen LogP contribution in [0.1, 0.15) is 13.3 Å². The summed E-state index contributed by atoms with van der Waals surface area (Å²) >= 11 is 0. The number of nitrogens with two attached hydrogens (primary N) is 3. The topological polar surface area (TPSA) is 78.1 Å². The lowest BCUT2D eigenvalue weighted by molar-refractivity contribution is 0.527. The lowest BCUT2D eigenvalue weighted by Gasteiger charge is -2.11. The van der Waals surface area contributed by atoms with Crippen molar-refractivity contribution in [3.05, 3.63) is 0 Å². The van der Waals surface area contributed by atoms with Gasteiger partial charge in [0.15, 0.2) is 0 Å². The Labute approximate surface area is 43.9 Å². The molecule has 0 aliphatic heterocycles. The minimum Gasteiger partial charge on any atom is -0.325 e. The summed E-state index contributed by atoms with van der Waals surface area (Å²) in [6, 6.07) is -0.0417. The van der Waals surface area contributed by atoms with Crippen LogP contribution in [0.2, 0.25) is 0 Å². The fourth-order valence-electron chi connectivity index (χ4n) is 0.272. The third-order valence-electron chi connectivity index (χ3n) is 0.966. The van der Waals surface area contributed by atoms with E-state index in [9.17, 15) is 0 Å². The van der Waals surface area contributed by atoms with Crippen LogP contribution in [0.3, 0.4) is 0 Å². The molecule has 7 heavy (non-hydrogen) atoms. The van der Waals surface area contributed by atoms with Crippen LogP contribution >= 0.6 is 0 Å². The first kappa shape index (κ1) is 6.88. The van der Waals surface area contributed by atoms with E-state index in [1.807, 2.05) is 6.92 Å². The molecule has 0 aliphatic carbocycles. The molecule has 1 atom stereocenters. The Balaban J connectivity index is 3.14. The summed E-state index contributed by atoms with van der Waals surface area (Å²) in [4.78, 5) is 0. The molecular formula is C4H13N3. The number of rotatable bonds is 2. The lowest BCUT2D eigenvalue weighted by Crippen LogP contribution is -2.47. The van der Waals surface area contributed by atoms with Crippen molar-refractivity contribution in [1.29, 1.82) is 0 Å². The van der Waals surface area contributed by atoms with Gasteiger partial charge in [0.05, 0.1) is 6.17 Å². The molecule has 0 aromatic heterocycles. The molecule has 6 N–H and O–H groups in total. The van der Waals surface area contributed by atoms with Crippen molar-refractivity contribution in [3.8, 4) is 0 Å². The van der Waals surface area contributed by atoms with Gasteiger partial charge in [-0.25, -0.2) is 0 Å². The van der Waals surface area contributed by atoms with Crippen molar-refractivity contribution in [2.75, 3.05) is 0 Å². The maximum Gasteiger partial charge on any atom is 0.0677 e. The Morgan fingerprint density at radius 2 is 1.71 bits per heavy atom. The van der Waals surface area contributed by atoms with Crippen molar-refractivity contribution < 1.29 is 0 Å². The molecule has 3 heteroatoms. The van der Waals surface area contributed by atoms with Crippen molar-refractivity contribution in [2.45, 2.75) is 25.6 Å². The van der Waals surface area contributed by atoms with Crippen LogP contribution < -0.4 is 17.2 Å². The third-order valence-corrected chi connectivity index (χ3v) is 0.966. The van der Waals surface area contributed by atoms with Gasteiger partial charge in [-0.15, -0.1) is 0 Å². The smallest absolute Gasteiger partial charge is 0.0677 e. The number of hydrogen-bond acceptors (Lipinski definition) is 3. The molecule has 0 rings (SSSR count). The minimum atomic E-state index is -0.356. The summed E-state index contributed by atoms with van der Waals surface area (Å²) in [5.74, 6) is 0. The van der Waals surface area contributed by atoms with Crippen molar-refractivity contribution in [3.63, 3.8) is 0 Å². The zero-order valence-electron chi connectivity index (χ0n) is 4.59. The van der Waals surface area contributed by atoms with E-state index in [0.29, 0.717) is 0 Å². The Hall–Kier alpha value is -0.120. The van der Waals surface area contributed by atoms with E-state index in [1.165, 1.54) is 0 Å². The highest BCUT2D eigenvalue weighted by atomic mass is 14.9. The molecule has 0 saturated heterocycles. The Kier molecular flexibility index (Phi) is 2.91. The summed E-state index contributed by atoms with van der Waals surface area (Å²) in [6.45, 7) is 1.96. The molecule has 3 nitrogen and oxygen atoms in total. The largest absolute Gasteiger partial charge is 0.325 e. The highest BCUT2D eigenvalue weighted by Crippen LogP contribution is 1.83. The first-order valence-electron chi connectivity index (χ1n) is 2.45. The van der Waals surface area contributed by atoms with Crippen molar-refractivity contribution in [1.82, 2.24) is 0 Å². The van der Waals surface area contributed by atoms with Gasteiger partial charge in [0.2, 0.25) is 0 Å². The second kappa shape index (κ2) is 2.96. The highest BCUT2D eigenvalue weighted by molar-refractivity contribution is 4.66. The average Bonchev–Trinajstić information content (AvgIpc) is 1.65. The monoisotopic (exact) mass is 103 g/mol. The average molecular weight is 103 g/mol. The number of hydrogen-bond donors (Lipinski definition) is 3. The van der Waals surface area contributed by atoms with Crippen molar-refractivity contribution >= 4 is 0 Å². The van der Waals surface area contributed by atoms with Crippen LogP contribution in [-0.2, 0) is 0 Å². The molecule has 0 aromatic rings. The highest BCUT2D eigenvalue weighted by Gasteiger charge is 2.02. The van der Waals surface area contributed by atoms with E-state index in [2.05, 4.69) is 0 Å². The molecule has 44 valence electrons. The predicted molar refractivity (Wildman–Crippen MR) is 30.4 cm³/mol. The Morgan fingerprint density at radius 3 is 1.71 bits per heavy atom. The zero-order valence-corrected chi connectivity index (χ0v) is 4.59. The fourth-order valence-corrected chi connectivity index (χ4v) is 0.272. The van der Waals surface area contributed by atoms with Gasteiger partial charge in [-0.1, -0.05) is 6.92 Å². The van der Waals surface area contributed by atoms with E-state index in [4.69, 9.17) is 17.2 Å². The van der Waals surface area contributed by atoms with Gasteiger partial charge >= 0.3 is 0 Å². The lowest BCUT2D eigenvalue weighted by atomic mass is 10.2. The zero-order chi connectivity index (χ0) is 5.86. The van der Waals surface area contributed by atoms with Crippen LogP contribution in [0.5, 0.6) is 0 Å². The second-order valence-corrected chi connectivity index (χ2v) is 1.65. The van der Waals surface area contributed by atoms with Crippen LogP contribution in [0.15, 0.2) is 0 Å². The van der Waals surface area contributed by atoms with Gasteiger partial charge < -0.3 is 17.2 Å². The second-order valence-electron chi connectivity index (χ2n) is 1.65. The fraction of sp³-hybridized carbons (Fsp3) is 1.00. The van der Waals surface area contributed by atoms with Gasteiger partial charge in [0.25, 0.3) is 0 Å². The molecule has 0 bridgehead atoms. The molecular weight excluding hydrogens is 90.1 g/mol. The molecule has 0 amide bonds. The van der Waals surface area contributed by atoms with E-state index < -0.39 is 0 Å². The molecule has 0 radical (unpaired) electrons. The maximum atomic E-state index is 5.37. The Morgan fingerprint density at radius 1 is 1.29 bits per heavy atom. The van der Waals surface area contributed by atoms with Crippen molar-refractivity contribution in [2.24, 2.45) is 17.2 Å². The summed E-state index contributed by atoms with van der Waals surface area (Å²) in [7, 11) is 0. The summed E-state index contributed by atoms with van der Waals surface area (Å²) < 4.78 is 0. The van der Waals surface area contributed by atoms with Gasteiger partial charge in [-0.2, -0.15) is 0 Å². The van der Waals surface area contributed by atoms with Crippen LogP contribution in [0, 0.1) is 0 Å². The predicted octanol–water partition coefficient (Wildman–Crippen LogP) is -1.03. The van der Waals surface area contributed by atoms with Gasteiger partial charge in [-0.05, 0) is 6.42 Å². The summed E-state index contributed by atoms with van der Waals surface area (Å²) in [5, 5.41) is 0. The molecule has 0 saturated carbocycles. The molecule has 0 fully saturated rings. The van der Waals surface area contributed by atoms with Gasteiger partial charge in [-0.3, -0.25) is 0 Å². The van der Waals surface area contributed by atoms with E-state index in [-0.39, 0.29) is 12.2 Å².